The van der Waals surface area contributed by atoms with Crippen molar-refractivity contribution < 1.29 is 9.53 Å². The average Bonchev–Trinajstić information content (AvgIpc) is 2.30. The fraction of sp³-hybridized carbons (Fsp3) is 0.615. The Morgan fingerprint density at radius 2 is 2.18 bits per heavy atom. The van der Waals surface area contributed by atoms with Crippen molar-refractivity contribution in [3.05, 3.63) is 23.9 Å². The van der Waals surface area contributed by atoms with Gasteiger partial charge < -0.3 is 15.0 Å². The average molecular weight is 238 g/mol. The molecule has 0 spiro atoms. The van der Waals surface area contributed by atoms with Crippen molar-refractivity contribution in [3.8, 4) is 0 Å². The van der Waals surface area contributed by atoms with E-state index in [9.17, 15) is 4.79 Å². The number of carbonyl (C=O) groups is 1. The van der Waals surface area contributed by atoms with Crippen molar-refractivity contribution >= 4 is 5.91 Å². The number of hydrogen-bond acceptors (Lipinski definition) is 3. The molecule has 1 N–H and O–H groups in total. The van der Waals surface area contributed by atoms with Gasteiger partial charge in [0.25, 0.3) is 0 Å². The summed E-state index contributed by atoms with van der Waals surface area (Å²) in [5.74, 6) is -0.0858. The molecule has 0 heterocycles. The third-order valence-electron chi connectivity index (χ3n) is 3.02. The molecule has 1 amide bonds. The first-order valence-corrected chi connectivity index (χ1v) is 6.04. The molecule has 1 aliphatic carbocycles. The lowest BCUT2D eigenvalue weighted by molar-refractivity contribution is -0.126. The van der Waals surface area contributed by atoms with Gasteiger partial charge in [0, 0.05) is 39.2 Å². The highest BCUT2D eigenvalue weighted by Gasteiger charge is 2.31. The Morgan fingerprint density at radius 3 is 2.65 bits per heavy atom. The van der Waals surface area contributed by atoms with Crippen LogP contribution in [0.15, 0.2) is 23.9 Å². The first-order chi connectivity index (χ1) is 8.06. The van der Waals surface area contributed by atoms with Crippen molar-refractivity contribution in [1.82, 2.24) is 10.2 Å². The zero-order valence-electron chi connectivity index (χ0n) is 11.1. The summed E-state index contributed by atoms with van der Waals surface area (Å²) in [6, 6.07) is 0. The Morgan fingerprint density at radius 1 is 1.53 bits per heavy atom. The highest BCUT2D eigenvalue weighted by Crippen LogP contribution is 2.26. The van der Waals surface area contributed by atoms with Crippen LogP contribution in [0.25, 0.3) is 0 Å². The van der Waals surface area contributed by atoms with E-state index in [1.165, 1.54) is 12.6 Å². The number of nitrogens with zero attached hydrogens (tertiary/aromatic N) is 1. The van der Waals surface area contributed by atoms with Crippen molar-refractivity contribution in [2.45, 2.75) is 32.9 Å². The first-order valence-electron chi connectivity index (χ1n) is 6.04. The monoisotopic (exact) mass is 238 g/mol. The Bertz CT molecular complexity index is 332. The van der Waals surface area contributed by atoms with Crippen molar-refractivity contribution in [3.63, 3.8) is 0 Å². The lowest BCUT2D eigenvalue weighted by atomic mass is 10.00. The summed E-state index contributed by atoms with van der Waals surface area (Å²) in [5, 5.41) is 2.86. The Hall–Kier alpha value is -1.29. The topological polar surface area (TPSA) is 41.6 Å². The van der Waals surface area contributed by atoms with Gasteiger partial charge >= 0.3 is 0 Å². The number of hydrogen-bond donors (Lipinski definition) is 1. The quantitative estimate of drug-likeness (QED) is 0.740. The zero-order valence-corrected chi connectivity index (χ0v) is 11.1. The molecule has 17 heavy (non-hydrogen) atoms. The summed E-state index contributed by atoms with van der Waals surface area (Å²) in [7, 11) is 1.62. The number of amides is 1. The van der Waals surface area contributed by atoms with Crippen LogP contribution in [0.1, 0.15) is 27.2 Å². The third-order valence-corrected chi connectivity index (χ3v) is 3.02. The van der Waals surface area contributed by atoms with Crippen LogP contribution in [0, 0.1) is 0 Å². The number of nitrogens with one attached hydrogen (secondary N) is 1. The summed E-state index contributed by atoms with van der Waals surface area (Å²) >= 11 is 0. The second-order valence-corrected chi connectivity index (χ2v) is 4.14. The van der Waals surface area contributed by atoms with Crippen molar-refractivity contribution in [2.75, 3.05) is 20.2 Å². The van der Waals surface area contributed by atoms with E-state index in [4.69, 9.17) is 4.74 Å². The summed E-state index contributed by atoms with van der Waals surface area (Å²) in [6.45, 7) is 7.65. The number of carbonyl (C=O) groups excluding carboxylic acids is 1. The second-order valence-electron chi connectivity index (χ2n) is 4.14. The molecule has 0 aromatic rings. The normalized spacial score (nSPS) is 23.2. The molecule has 1 aliphatic rings. The number of ether oxygens (including phenoxy) is 1. The van der Waals surface area contributed by atoms with Gasteiger partial charge in [-0.3, -0.25) is 4.79 Å². The van der Waals surface area contributed by atoms with E-state index in [0.717, 1.165) is 13.1 Å². The van der Waals surface area contributed by atoms with E-state index >= 15 is 0 Å². The molecule has 0 radical (unpaired) electrons. The smallest absolute Gasteiger partial charge is 0.219 e. The van der Waals surface area contributed by atoms with Gasteiger partial charge in [-0.05, 0) is 26.0 Å². The molecule has 0 aromatic heterocycles. The standard InChI is InChI=1S/C13H22N2O2/c1-5-15(6-2)12-8-7-9-13(10-12,17-4)14-11(3)16/h7-9H,5-6,10H2,1-4H3,(H,14,16). The predicted octanol–water partition coefficient (Wildman–Crippen LogP) is 1.65. The molecular formula is C13H22N2O2. The lowest BCUT2D eigenvalue weighted by Gasteiger charge is -2.36. The van der Waals surface area contributed by atoms with Gasteiger partial charge in [0.1, 0.15) is 0 Å². The molecule has 4 nitrogen and oxygen atoms in total. The zero-order chi connectivity index (χ0) is 12.9. The number of allylic oxidation sites excluding steroid dienone is 2. The maximum absolute atomic E-state index is 11.2. The second kappa shape index (κ2) is 5.87. The summed E-state index contributed by atoms with van der Waals surface area (Å²) < 4.78 is 5.47. The van der Waals surface area contributed by atoms with Crippen LogP contribution in [-0.4, -0.2) is 36.7 Å². The maximum atomic E-state index is 11.2. The number of methoxy groups -OCH3 is 1. The molecule has 1 unspecified atom stereocenters. The largest absolute Gasteiger partial charge is 0.375 e. The van der Waals surface area contributed by atoms with Crippen LogP contribution in [0.5, 0.6) is 0 Å². The molecule has 0 bridgehead atoms. The molecule has 0 aliphatic heterocycles. The Balaban J connectivity index is 2.85. The van der Waals surface area contributed by atoms with E-state index in [0.29, 0.717) is 6.42 Å². The summed E-state index contributed by atoms with van der Waals surface area (Å²) in [6.07, 6.45) is 6.57. The molecule has 1 atom stereocenters. The van der Waals surface area contributed by atoms with Crippen molar-refractivity contribution in [1.29, 1.82) is 0 Å². The van der Waals surface area contributed by atoms with Crippen LogP contribution in [0.2, 0.25) is 0 Å². The Labute approximate surface area is 103 Å². The minimum atomic E-state index is -0.696. The molecule has 1 rings (SSSR count). The van der Waals surface area contributed by atoms with Crippen molar-refractivity contribution in [2.24, 2.45) is 0 Å². The van der Waals surface area contributed by atoms with Crippen LogP contribution in [-0.2, 0) is 9.53 Å². The molecular weight excluding hydrogens is 216 g/mol. The van der Waals surface area contributed by atoms with Gasteiger partial charge in [-0.1, -0.05) is 6.08 Å². The molecule has 0 aromatic carbocycles. The van der Waals surface area contributed by atoms with Crippen LogP contribution in [0.4, 0.5) is 0 Å². The lowest BCUT2D eigenvalue weighted by Crippen LogP contribution is -2.49. The SMILES string of the molecule is CCN(CC)C1=CC=CC(NC(C)=O)(OC)C1. The minimum Gasteiger partial charge on any atom is -0.375 e. The summed E-state index contributed by atoms with van der Waals surface area (Å²) in [5.41, 5.74) is 0.492. The van der Waals surface area contributed by atoms with Gasteiger partial charge in [0.15, 0.2) is 5.72 Å². The van der Waals surface area contributed by atoms with Gasteiger partial charge in [-0.25, -0.2) is 0 Å². The summed E-state index contributed by atoms with van der Waals surface area (Å²) in [4.78, 5) is 13.5. The molecule has 4 heteroatoms. The van der Waals surface area contributed by atoms with E-state index < -0.39 is 5.72 Å². The molecule has 0 saturated carbocycles. The number of rotatable bonds is 5. The van der Waals surface area contributed by atoms with Gasteiger partial charge in [-0.2, -0.15) is 0 Å². The molecule has 0 saturated heterocycles. The first kappa shape index (κ1) is 13.8. The van der Waals surface area contributed by atoms with E-state index in [2.05, 4.69) is 30.1 Å². The molecule has 96 valence electrons. The highest BCUT2D eigenvalue weighted by molar-refractivity contribution is 5.74. The van der Waals surface area contributed by atoms with Crippen LogP contribution >= 0.6 is 0 Å². The van der Waals surface area contributed by atoms with E-state index in [1.807, 2.05) is 12.2 Å². The minimum absolute atomic E-state index is 0.0858. The van der Waals surface area contributed by atoms with Gasteiger partial charge in [-0.15, -0.1) is 0 Å². The van der Waals surface area contributed by atoms with E-state index in [-0.39, 0.29) is 5.91 Å². The van der Waals surface area contributed by atoms with Crippen LogP contribution in [0.3, 0.4) is 0 Å². The van der Waals surface area contributed by atoms with E-state index in [1.54, 1.807) is 7.11 Å². The fourth-order valence-electron chi connectivity index (χ4n) is 2.12. The molecule has 0 fully saturated rings. The Kier molecular flexibility index (Phi) is 4.75. The third kappa shape index (κ3) is 3.33. The predicted molar refractivity (Wildman–Crippen MR) is 68.3 cm³/mol. The fourth-order valence-corrected chi connectivity index (χ4v) is 2.12. The maximum Gasteiger partial charge on any atom is 0.219 e. The van der Waals surface area contributed by atoms with Gasteiger partial charge in [0.05, 0.1) is 0 Å². The van der Waals surface area contributed by atoms with Crippen LogP contribution < -0.4 is 5.32 Å². The highest BCUT2D eigenvalue weighted by atomic mass is 16.5. The van der Waals surface area contributed by atoms with Gasteiger partial charge in [0.2, 0.25) is 5.91 Å².